The molecule has 1 aromatic rings. The molecule has 0 fully saturated rings. The monoisotopic (exact) mass is 272 g/mol. The fourth-order valence-corrected chi connectivity index (χ4v) is 1.65. The summed E-state index contributed by atoms with van der Waals surface area (Å²) in [6, 6.07) is 6.01. The minimum absolute atomic E-state index is 0.0775. The molecule has 0 aliphatic heterocycles. The largest absolute Gasteiger partial charge is 0.434 e. The molecule has 0 spiro atoms. The van der Waals surface area contributed by atoms with E-state index in [1.54, 1.807) is 25.1 Å². The molecule has 1 rings (SSSR count). The Hall–Kier alpha value is -1.69. The molecule has 4 nitrogen and oxygen atoms in total. The minimum Gasteiger partial charge on any atom is -0.434 e. The number of hydrogen-bond donors (Lipinski definition) is 2. The molecule has 1 unspecified atom stereocenters. The number of ether oxygens (including phenoxy) is 1. The van der Waals surface area contributed by atoms with Gasteiger partial charge < -0.3 is 15.4 Å². The van der Waals surface area contributed by atoms with Gasteiger partial charge in [-0.2, -0.15) is 8.78 Å². The third-order valence-electron chi connectivity index (χ3n) is 2.51. The molecule has 0 aliphatic rings. The number of benzene rings is 1. The van der Waals surface area contributed by atoms with Gasteiger partial charge in [-0.3, -0.25) is 4.79 Å². The standard InChI is InChI=1S/C13H18F2N2O2/c1-3-16-8-12(18)17-9(2)10-6-4-5-7-11(10)19-13(14)15/h4-7,9,13,16H,3,8H2,1-2H3,(H,17,18). The van der Waals surface area contributed by atoms with Crippen LogP contribution in [0.15, 0.2) is 24.3 Å². The van der Waals surface area contributed by atoms with Gasteiger partial charge in [0, 0.05) is 5.56 Å². The summed E-state index contributed by atoms with van der Waals surface area (Å²) in [4.78, 5) is 11.6. The van der Waals surface area contributed by atoms with E-state index in [9.17, 15) is 13.6 Å². The Morgan fingerprint density at radius 1 is 1.37 bits per heavy atom. The summed E-state index contributed by atoms with van der Waals surface area (Å²) in [6.07, 6.45) is 0. The van der Waals surface area contributed by atoms with Crippen molar-refractivity contribution in [3.05, 3.63) is 29.8 Å². The summed E-state index contributed by atoms with van der Waals surface area (Å²) < 4.78 is 29.0. The fraction of sp³-hybridized carbons (Fsp3) is 0.462. The van der Waals surface area contributed by atoms with Gasteiger partial charge in [-0.15, -0.1) is 0 Å². The first-order valence-electron chi connectivity index (χ1n) is 6.08. The van der Waals surface area contributed by atoms with Crippen LogP contribution in [0.25, 0.3) is 0 Å². The Bertz CT molecular complexity index is 413. The van der Waals surface area contributed by atoms with Crippen LogP contribution in [0.1, 0.15) is 25.5 Å². The number of amides is 1. The van der Waals surface area contributed by atoms with Crippen molar-refractivity contribution in [2.45, 2.75) is 26.5 Å². The molecule has 0 bridgehead atoms. The van der Waals surface area contributed by atoms with E-state index in [0.29, 0.717) is 12.1 Å². The molecule has 106 valence electrons. The number of carbonyl (C=O) groups is 1. The quantitative estimate of drug-likeness (QED) is 0.799. The molecular weight excluding hydrogens is 254 g/mol. The summed E-state index contributed by atoms with van der Waals surface area (Å²) in [6.45, 7) is 1.61. The Kier molecular flexibility index (Phi) is 6.21. The van der Waals surface area contributed by atoms with Gasteiger partial charge in [-0.25, -0.2) is 0 Å². The van der Waals surface area contributed by atoms with Crippen LogP contribution in [0.5, 0.6) is 5.75 Å². The molecule has 19 heavy (non-hydrogen) atoms. The lowest BCUT2D eigenvalue weighted by molar-refractivity contribution is -0.120. The van der Waals surface area contributed by atoms with Crippen LogP contribution in [-0.2, 0) is 4.79 Å². The molecular formula is C13H18F2N2O2. The normalized spacial score (nSPS) is 12.3. The van der Waals surface area contributed by atoms with Crippen molar-refractivity contribution in [2.24, 2.45) is 0 Å². The van der Waals surface area contributed by atoms with Crippen molar-refractivity contribution in [3.8, 4) is 5.75 Å². The van der Waals surface area contributed by atoms with E-state index in [1.807, 2.05) is 6.92 Å². The zero-order valence-corrected chi connectivity index (χ0v) is 11.0. The maximum absolute atomic E-state index is 12.3. The minimum atomic E-state index is -2.88. The second-order valence-electron chi connectivity index (χ2n) is 3.99. The number of carbonyl (C=O) groups excluding carboxylic acids is 1. The second-order valence-corrected chi connectivity index (χ2v) is 3.99. The average Bonchev–Trinajstić information content (AvgIpc) is 2.36. The molecule has 6 heteroatoms. The lowest BCUT2D eigenvalue weighted by atomic mass is 10.1. The van der Waals surface area contributed by atoms with E-state index in [2.05, 4.69) is 15.4 Å². The zero-order chi connectivity index (χ0) is 14.3. The number of alkyl halides is 2. The van der Waals surface area contributed by atoms with Crippen LogP contribution >= 0.6 is 0 Å². The first-order valence-corrected chi connectivity index (χ1v) is 6.08. The third kappa shape index (κ3) is 5.21. The van der Waals surface area contributed by atoms with Crippen molar-refractivity contribution in [1.82, 2.24) is 10.6 Å². The molecule has 1 amide bonds. The molecule has 0 heterocycles. The molecule has 1 atom stereocenters. The molecule has 0 saturated carbocycles. The van der Waals surface area contributed by atoms with Gasteiger partial charge in [-0.1, -0.05) is 25.1 Å². The van der Waals surface area contributed by atoms with Crippen LogP contribution in [0, 0.1) is 0 Å². The molecule has 2 N–H and O–H groups in total. The summed E-state index contributed by atoms with van der Waals surface area (Å²) in [5, 5.41) is 5.61. The number of rotatable bonds is 7. The van der Waals surface area contributed by atoms with Crippen LogP contribution in [0.4, 0.5) is 8.78 Å². The third-order valence-corrected chi connectivity index (χ3v) is 2.51. The number of hydrogen-bond acceptors (Lipinski definition) is 3. The van der Waals surface area contributed by atoms with Crippen molar-refractivity contribution in [1.29, 1.82) is 0 Å². The molecule has 1 aromatic carbocycles. The van der Waals surface area contributed by atoms with E-state index in [-0.39, 0.29) is 18.2 Å². The number of halogens is 2. The summed E-state index contributed by atoms with van der Waals surface area (Å²) in [5.41, 5.74) is 0.521. The first-order chi connectivity index (χ1) is 9.04. The van der Waals surface area contributed by atoms with Crippen LogP contribution in [0.2, 0.25) is 0 Å². The molecule has 0 radical (unpaired) electrons. The Balaban J connectivity index is 2.70. The van der Waals surface area contributed by atoms with Gasteiger partial charge in [0.15, 0.2) is 0 Å². The first kappa shape index (κ1) is 15.4. The highest BCUT2D eigenvalue weighted by Gasteiger charge is 2.15. The number of nitrogens with one attached hydrogen (secondary N) is 2. The SMILES string of the molecule is CCNCC(=O)NC(C)c1ccccc1OC(F)F. The van der Waals surface area contributed by atoms with Crippen molar-refractivity contribution in [3.63, 3.8) is 0 Å². The van der Waals surface area contributed by atoms with E-state index >= 15 is 0 Å². The lowest BCUT2D eigenvalue weighted by Gasteiger charge is -2.18. The van der Waals surface area contributed by atoms with Gasteiger partial charge in [0.2, 0.25) is 5.91 Å². The van der Waals surface area contributed by atoms with Gasteiger partial charge in [-0.05, 0) is 19.5 Å². The lowest BCUT2D eigenvalue weighted by Crippen LogP contribution is -2.35. The van der Waals surface area contributed by atoms with Crippen molar-refractivity contribution >= 4 is 5.91 Å². The predicted molar refractivity (Wildman–Crippen MR) is 68.2 cm³/mol. The van der Waals surface area contributed by atoms with Gasteiger partial charge >= 0.3 is 6.61 Å². The predicted octanol–water partition coefficient (Wildman–Crippen LogP) is 2.07. The van der Waals surface area contributed by atoms with Crippen molar-refractivity contribution < 1.29 is 18.3 Å². The second kappa shape index (κ2) is 7.68. The highest BCUT2D eigenvalue weighted by atomic mass is 19.3. The van der Waals surface area contributed by atoms with Gasteiger partial charge in [0.05, 0.1) is 12.6 Å². The van der Waals surface area contributed by atoms with Gasteiger partial charge in [0.1, 0.15) is 5.75 Å². The maximum atomic E-state index is 12.3. The molecule has 0 saturated heterocycles. The Morgan fingerprint density at radius 2 is 2.05 bits per heavy atom. The van der Waals surface area contributed by atoms with E-state index in [0.717, 1.165) is 0 Å². The Morgan fingerprint density at radius 3 is 2.68 bits per heavy atom. The zero-order valence-electron chi connectivity index (χ0n) is 11.0. The Labute approximate surface area is 111 Å². The summed E-state index contributed by atoms with van der Waals surface area (Å²) in [7, 11) is 0. The highest BCUT2D eigenvalue weighted by molar-refractivity contribution is 5.78. The van der Waals surface area contributed by atoms with Gasteiger partial charge in [0.25, 0.3) is 0 Å². The number of likely N-dealkylation sites (N-methyl/N-ethyl adjacent to an activating group) is 1. The molecule has 0 aliphatic carbocycles. The smallest absolute Gasteiger partial charge is 0.387 e. The number of para-hydroxylation sites is 1. The molecule has 0 aromatic heterocycles. The maximum Gasteiger partial charge on any atom is 0.387 e. The highest BCUT2D eigenvalue weighted by Crippen LogP contribution is 2.26. The van der Waals surface area contributed by atoms with Crippen LogP contribution in [0.3, 0.4) is 0 Å². The fourth-order valence-electron chi connectivity index (χ4n) is 1.65. The van der Waals surface area contributed by atoms with E-state index in [1.165, 1.54) is 6.07 Å². The average molecular weight is 272 g/mol. The topological polar surface area (TPSA) is 50.4 Å². The van der Waals surface area contributed by atoms with Crippen LogP contribution in [-0.4, -0.2) is 25.6 Å². The summed E-state index contributed by atoms with van der Waals surface area (Å²) in [5.74, 6) is -0.116. The van der Waals surface area contributed by atoms with Crippen molar-refractivity contribution in [2.75, 3.05) is 13.1 Å². The van der Waals surface area contributed by atoms with E-state index in [4.69, 9.17) is 0 Å². The summed E-state index contributed by atoms with van der Waals surface area (Å²) >= 11 is 0. The van der Waals surface area contributed by atoms with E-state index < -0.39 is 12.7 Å². The van der Waals surface area contributed by atoms with Crippen LogP contribution < -0.4 is 15.4 Å².